The highest BCUT2D eigenvalue weighted by Gasteiger charge is 2.28. The van der Waals surface area contributed by atoms with E-state index in [-0.39, 0.29) is 17.6 Å². The molecule has 1 atom stereocenters. The van der Waals surface area contributed by atoms with E-state index < -0.39 is 0 Å². The van der Waals surface area contributed by atoms with Gasteiger partial charge in [-0.1, -0.05) is 13.0 Å². The number of nitrogens with one attached hydrogen (secondary N) is 1. The first-order valence-corrected chi connectivity index (χ1v) is 4.42. The third-order valence-corrected chi connectivity index (χ3v) is 2.44. The molecular weight excluding hydrogens is 166 g/mol. The molecule has 13 heavy (non-hydrogen) atoms. The molecule has 0 spiro atoms. The molecule has 3 heteroatoms. The van der Waals surface area contributed by atoms with Crippen molar-refractivity contribution >= 4 is 11.7 Å². The van der Waals surface area contributed by atoms with Crippen molar-refractivity contribution in [1.82, 2.24) is 5.32 Å². The van der Waals surface area contributed by atoms with Crippen LogP contribution in [-0.2, 0) is 9.59 Å². The van der Waals surface area contributed by atoms with Crippen molar-refractivity contribution in [3.05, 3.63) is 23.4 Å². The number of amides is 1. The topological polar surface area (TPSA) is 46.2 Å². The van der Waals surface area contributed by atoms with Crippen molar-refractivity contribution in [2.75, 3.05) is 0 Å². The van der Waals surface area contributed by atoms with Gasteiger partial charge in [-0.05, 0) is 12.0 Å². The number of hydrogen-bond donors (Lipinski definition) is 1. The predicted molar refractivity (Wildman–Crippen MR) is 47.7 cm³/mol. The summed E-state index contributed by atoms with van der Waals surface area (Å²) in [4.78, 5) is 22.6. The summed E-state index contributed by atoms with van der Waals surface area (Å²) >= 11 is 0. The van der Waals surface area contributed by atoms with Crippen molar-refractivity contribution in [3.63, 3.8) is 0 Å². The molecule has 0 fully saturated rings. The van der Waals surface area contributed by atoms with Gasteiger partial charge in [0.2, 0.25) is 5.91 Å². The average Bonchev–Trinajstić information content (AvgIpc) is 2.02. The summed E-state index contributed by atoms with van der Waals surface area (Å²) in [6, 6.07) is 0. The molecule has 1 unspecified atom stereocenters. The minimum absolute atomic E-state index is 0.00519. The van der Waals surface area contributed by atoms with Crippen molar-refractivity contribution in [1.29, 1.82) is 0 Å². The zero-order valence-electron chi connectivity index (χ0n) is 7.46. The van der Waals surface area contributed by atoms with Crippen molar-refractivity contribution in [2.24, 2.45) is 5.92 Å². The van der Waals surface area contributed by atoms with Gasteiger partial charge in [0, 0.05) is 24.1 Å². The molecule has 0 saturated heterocycles. The van der Waals surface area contributed by atoms with E-state index in [1.807, 2.05) is 13.0 Å². The fraction of sp³-hybridized carbons (Fsp3) is 0.400. The third kappa shape index (κ3) is 1.30. The van der Waals surface area contributed by atoms with Crippen LogP contribution >= 0.6 is 0 Å². The van der Waals surface area contributed by atoms with E-state index >= 15 is 0 Å². The average molecular weight is 177 g/mol. The number of hydrogen-bond acceptors (Lipinski definition) is 2. The Hall–Kier alpha value is -1.38. The van der Waals surface area contributed by atoms with E-state index in [2.05, 4.69) is 5.32 Å². The van der Waals surface area contributed by atoms with E-state index in [0.717, 1.165) is 5.57 Å². The number of rotatable bonds is 0. The van der Waals surface area contributed by atoms with Crippen LogP contribution in [0.15, 0.2) is 23.4 Å². The van der Waals surface area contributed by atoms with Crippen LogP contribution < -0.4 is 5.32 Å². The van der Waals surface area contributed by atoms with E-state index in [1.54, 1.807) is 6.08 Å². The van der Waals surface area contributed by atoms with Gasteiger partial charge in [-0.3, -0.25) is 9.59 Å². The normalized spacial score (nSPS) is 27.3. The zero-order valence-corrected chi connectivity index (χ0v) is 7.46. The van der Waals surface area contributed by atoms with Gasteiger partial charge in [0.05, 0.1) is 0 Å². The number of carbonyl (C=O) groups is 2. The second-order valence-electron chi connectivity index (χ2n) is 3.51. The first-order chi connectivity index (χ1) is 6.18. The Bertz CT molecular complexity index is 339. The van der Waals surface area contributed by atoms with Gasteiger partial charge in [0.15, 0.2) is 5.78 Å². The van der Waals surface area contributed by atoms with Crippen LogP contribution in [0.2, 0.25) is 0 Å². The smallest absolute Gasteiger partial charge is 0.224 e. The second kappa shape index (κ2) is 2.83. The summed E-state index contributed by atoms with van der Waals surface area (Å²) in [5.74, 6) is 0.219. The quantitative estimate of drug-likeness (QED) is 0.598. The summed E-state index contributed by atoms with van der Waals surface area (Å²) in [6.07, 6.45) is 4.52. The molecule has 0 aromatic rings. The molecule has 0 aromatic heterocycles. The number of carbonyl (C=O) groups excluding carboxylic acids is 2. The van der Waals surface area contributed by atoms with Gasteiger partial charge in [0.1, 0.15) is 0 Å². The van der Waals surface area contributed by atoms with Crippen LogP contribution in [0.25, 0.3) is 0 Å². The SMILES string of the molecule is CC1CC(=O)NC2=C1C(=O)CC=C2. The minimum atomic E-state index is 0.00519. The lowest BCUT2D eigenvalue weighted by Gasteiger charge is -2.25. The molecule has 0 bridgehead atoms. The highest BCUT2D eigenvalue weighted by molar-refractivity contribution is 6.01. The molecule has 1 aliphatic heterocycles. The van der Waals surface area contributed by atoms with Crippen LogP contribution in [0, 0.1) is 5.92 Å². The minimum Gasteiger partial charge on any atom is -0.326 e. The lowest BCUT2D eigenvalue weighted by molar-refractivity contribution is -0.122. The monoisotopic (exact) mass is 177 g/mol. The molecule has 1 aliphatic carbocycles. The summed E-state index contributed by atoms with van der Waals surface area (Å²) < 4.78 is 0. The molecule has 2 aliphatic rings. The Morgan fingerprint density at radius 3 is 3.00 bits per heavy atom. The zero-order chi connectivity index (χ0) is 9.42. The van der Waals surface area contributed by atoms with Crippen LogP contribution in [0.1, 0.15) is 19.8 Å². The molecule has 1 N–H and O–H groups in total. The Labute approximate surface area is 76.5 Å². The molecule has 2 rings (SSSR count). The third-order valence-electron chi connectivity index (χ3n) is 2.44. The largest absolute Gasteiger partial charge is 0.326 e. The Morgan fingerprint density at radius 1 is 1.46 bits per heavy atom. The molecule has 0 radical (unpaired) electrons. The van der Waals surface area contributed by atoms with E-state index in [1.165, 1.54) is 0 Å². The molecule has 3 nitrogen and oxygen atoms in total. The highest BCUT2D eigenvalue weighted by atomic mass is 16.2. The Morgan fingerprint density at radius 2 is 2.23 bits per heavy atom. The van der Waals surface area contributed by atoms with Gasteiger partial charge >= 0.3 is 0 Å². The van der Waals surface area contributed by atoms with Gasteiger partial charge in [-0.15, -0.1) is 0 Å². The number of ketones is 1. The van der Waals surface area contributed by atoms with E-state index in [0.29, 0.717) is 18.5 Å². The summed E-state index contributed by atoms with van der Waals surface area (Å²) in [7, 11) is 0. The van der Waals surface area contributed by atoms with E-state index in [9.17, 15) is 9.59 Å². The maximum atomic E-state index is 11.5. The molecule has 1 amide bonds. The maximum Gasteiger partial charge on any atom is 0.224 e. The predicted octanol–water partition coefficient (Wildman–Crippen LogP) is 0.925. The van der Waals surface area contributed by atoms with Crippen molar-refractivity contribution in [3.8, 4) is 0 Å². The van der Waals surface area contributed by atoms with Crippen LogP contribution in [-0.4, -0.2) is 11.7 Å². The summed E-state index contributed by atoms with van der Waals surface area (Å²) in [5, 5.41) is 2.71. The van der Waals surface area contributed by atoms with Crippen molar-refractivity contribution < 1.29 is 9.59 Å². The lowest BCUT2D eigenvalue weighted by Crippen LogP contribution is -2.34. The first kappa shape index (κ1) is 8.23. The molecular formula is C10H11NO2. The summed E-state index contributed by atoms with van der Waals surface area (Å²) in [5.41, 5.74) is 1.50. The van der Waals surface area contributed by atoms with Crippen molar-refractivity contribution in [2.45, 2.75) is 19.8 Å². The van der Waals surface area contributed by atoms with Crippen LogP contribution in [0.3, 0.4) is 0 Å². The van der Waals surface area contributed by atoms with Gasteiger partial charge in [-0.25, -0.2) is 0 Å². The fourth-order valence-corrected chi connectivity index (χ4v) is 1.86. The lowest BCUT2D eigenvalue weighted by atomic mass is 9.85. The Balaban J connectivity index is 2.44. The van der Waals surface area contributed by atoms with Gasteiger partial charge in [0.25, 0.3) is 0 Å². The standard InChI is InChI=1S/C10H11NO2/c1-6-5-9(13)11-7-3-2-4-8(12)10(6)7/h2-3,6H,4-5H2,1H3,(H,11,13). The fourth-order valence-electron chi connectivity index (χ4n) is 1.86. The highest BCUT2D eigenvalue weighted by Crippen LogP contribution is 2.27. The molecule has 0 saturated carbocycles. The van der Waals surface area contributed by atoms with E-state index in [4.69, 9.17) is 0 Å². The Kier molecular flexibility index (Phi) is 1.79. The van der Waals surface area contributed by atoms with Gasteiger partial charge in [-0.2, -0.15) is 0 Å². The molecule has 0 aromatic carbocycles. The second-order valence-corrected chi connectivity index (χ2v) is 3.51. The number of Topliss-reactive ketones (excluding diaryl/α,β-unsaturated/α-hetero) is 1. The summed E-state index contributed by atoms with van der Waals surface area (Å²) in [6.45, 7) is 1.92. The van der Waals surface area contributed by atoms with Crippen LogP contribution in [0.5, 0.6) is 0 Å². The number of allylic oxidation sites excluding steroid dienone is 3. The maximum absolute atomic E-state index is 11.5. The molecule has 1 heterocycles. The van der Waals surface area contributed by atoms with Gasteiger partial charge < -0.3 is 5.32 Å². The first-order valence-electron chi connectivity index (χ1n) is 4.42. The molecule has 68 valence electrons. The van der Waals surface area contributed by atoms with Crippen LogP contribution in [0.4, 0.5) is 0 Å².